The molecule has 0 heterocycles. The van der Waals surface area contributed by atoms with E-state index < -0.39 is 6.09 Å². The van der Waals surface area contributed by atoms with Crippen molar-refractivity contribution in [3.63, 3.8) is 0 Å². The molecule has 0 saturated heterocycles. The highest BCUT2D eigenvalue weighted by molar-refractivity contribution is 5.67. The molecule has 0 fully saturated rings. The van der Waals surface area contributed by atoms with Crippen LogP contribution >= 0.6 is 0 Å². The van der Waals surface area contributed by atoms with Crippen LogP contribution in [0.4, 0.5) is 4.79 Å². The largest absolute Gasteiger partial charge is 0.445 e. The van der Waals surface area contributed by atoms with E-state index in [0.717, 1.165) is 5.56 Å². The van der Waals surface area contributed by atoms with Gasteiger partial charge in [0.1, 0.15) is 6.61 Å². The van der Waals surface area contributed by atoms with E-state index in [0.29, 0.717) is 6.61 Å². The van der Waals surface area contributed by atoms with Crippen LogP contribution in [0.1, 0.15) is 12.5 Å². The van der Waals surface area contributed by atoms with Gasteiger partial charge in [0.25, 0.3) is 0 Å². The quantitative estimate of drug-likeness (QED) is 0.796. The summed E-state index contributed by atoms with van der Waals surface area (Å²) in [5.41, 5.74) is 0.972. The molecule has 3 nitrogen and oxygen atoms in total. The lowest BCUT2D eigenvalue weighted by atomic mass is 10.2. The fraction of sp³-hybridized carbons (Fsp3) is 0.273. The lowest BCUT2D eigenvalue weighted by molar-refractivity contribution is 0.138. The Morgan fingerprint density at radius 1 is 1.50 bits per heavy atom. The predicted molar refractivity (Wildman–Crippen MR) is 54.6 cm³/mol. The molecule has 3 heteroatoms. The molecule has 0 aliphatic rings. The smallest absolute Gasteiger partial charge is 0.407 e. The number of carbonyl (C=O) groups excluding carboxylic acids is 1. The van der Waals surface area contributed by atoms with Crippen molar-refractivity contribution in [2.24, 2.45) is 0 Å². The van der Waals surface area contributed by atoms with Gasteiger partial charge >= 0.3 is 6.09 Å². The van der Waals surface area contributed by atoms with Crippen molar-refractivity contribution >= 4 is 6.09 Å². The molecule has 1 aromatic rings. The van der Waals surface area contributed by atoms with Gasteiger partial charge in [-0.05, 0) is 19.4 Å². The minimum Gasteiger partial charge on any atom is -0.445 e. The Morgan fingerprint density at radius 2 is 2.14 bits per heavy atom. The normalized spacial score (nSPS) is 9.93. The van der Waals surface area contributed by atoms with Crippen molar-refractivity contribution in [1.29, 1.82) is 0 Å². The van der Waals surface area contributed by atoms with Crippen molar-refractivity contribution in [3.05, 3.63) is 42.8 Å². The molecule has 0 aliphatic heterocycles. The molecule has 1 rings (SSSR count). The van der Waals surface area contributed by atoms with Gasteiger partial charge in [-0.2, -0.15) is 0 Å². The van der Waals surface area contributed by atoms with Gasteiger partial charge in [0.2, 0.25) is 0 Å². The summed E-state index contributed by atoms with van der Waals surface area (Å²) in [6.07, 6.45) is -0.434. The summed E-state index contributed by atoms with van der Waals surface area (Å²) in [5.74, 6) is 0. The molecular weight excluding hydrogens is 178 g/mol. The predicted octanol–water partition coefficient (Wildman–Crippen LogP) is 2.14. The van der Waals surface area contributed by atoms with Crippen LogP contribution in [0.15, 0.2) is 30.3 Å². The fourth-order valence-electron chi connectivity index (χ4n) is 0.966. The van der Waals surface area contributed by atoms with Gasteiger partial charge in [0.05, 0.1) is 0 Å². The first-order valence-electron chi connectivity index (χ1n) is 4.49. The van der Waals surface area contributed by atoms with Gasteiger partial charge in [-0.1, -0.05) is 30.3 Å². The number of carbonyl (C=O) groups is 1. The third-order valence-electron chi connectivity index (χ3n) is 1.58. The highest BCUT2D eigenvalue weighted by Crippen LogP contribution is 2.00. The summed E-state index contributed by atoms with van der Waals surface area (Å²) in [6, 6.07) is 9.39. The molecule has 14 heavy (non-hydrogen) atoms. The standard InChI is InChI=1S/C11H14NO2/c1-9(2)12-11(13)14-8-10-6-4-3-5-7-10/h3-7,9H,1,8H2,2H3,(H,12,13)/t9-/m0/s1. The molecule has 0 aromatic heterocycles. The average molecular weight is 192 g/mol. The van der Waals surface area contributed by atoms with Gasteiger partial charge < -0.3 is 10.1 Å². The number of amides is 1. The molecule has 1 amide bonds. The topological polar surface area (TPSA) is 38.3 Å². The second-order valence-electron chi connectivity index (χ2n) is 3.11. The molecule has 0 aliphatic carbocycles. The maximum atomic E-state index is 11.1. The molecule has 1 aromatic carbocycles. The van der Waals surface area contributed by atoms with Gasteiger partial charge in [-0.3, -0.25) is 0 Å². The summed E-state index contributed by atoms with van der Waals surface area (Å²) >= 11 is 0. The number of ether oxygens (including phenoxy) is 1. The first-order chi connectivity index (χ1) is 6.68. The second-order valence-corrected chi connectivity index (χ2v) is 3.11. The van der Waals surface area contributed by atoms with E-state index in [1.54, 1.807) is 6.92 Å². The highest BCUT2D eigenvalue weighted by Gasteiger charge is 2.03. The molecule has 1 atom stereocenters. The zero-order valence-electron chi connectivity index (χ0n) is 8.19. The van der Waals surface area contributed by atoms with Crippen molar-refractivity contribution in [3.8, 4) is 0 Å². The maximum Gasteiger partial charge on any atom is 0.407 e. The van der Waals surface area contributed by atoms with Crippen LogP contribution in [-0.4, -0.2) is 12.1 Å². The zero-order valence-corrected chi connectivity index (χ0v) is 8.19. The Balaban J connectivity index is 2.31. The molecule has 0 saturated carbocycles. The van der Waals surface area contributed by atoms with Crippen LogP contribution in [0.25, 0.3) is 0 Å². The lowest BCUT2D eigenvalue weighted by Crippen LogP contribution is -2.30. The summed E-state index contributed by atoms with van der Waals surface area (Å²) in [5, 5.41) is 2.54. The molecule has 0 spiro atoms. The van der Waals surface area contributed by atoms with Crippen molar-refractivity contribution in [2.75, 3.05) is 0 Å². The second kappa shape index (κ2) is 5.27. The monoisotopic (exact) mass is 192 g/mol. The molecule has 0 unspecified atom stereocenters. The minimum atomic E-state index is -0.434. The number of hydrogen-bond acceptors (Lipinski definition) is 2. The molecule has 75 valence electrons. The number of rotatable bonds is 3. The third kappa shape index (κ3) is 3.94. The van der Waals surface area contributed by atoms with E-state index in [4.69, 9.17) is 4.74 Å². The van der Waals surface area contributed by atoms with Gasteiger partial charge in [-0.15, -0.1) is 0 Å². The first kappa shape index (κ1) is 10.6. The van der Waals surface area contributed by atoms with E-state index in [1.165, 1.54) is 0 Å². The van der Waals surface area contributed by atoms with Gasteiger partial charge in [-0.25, -0.2) is 4.79 Å². The Labute approximate surface area is 84.1 Å². The van der Waals surface area contributed by atoms with Crippen LogP contribution in [0.3, 0.4) is 0 Å². The molecule has 1 N–H and O–H groups in total. The van der Waals surface area contributed by atoms with Crippen molar-refractivity contribution in [1.82, 2.24) is 5.32 Å². The van der Waals surface area contributed by atoms with Gasteiger partial charge in [0, 0.05) is 6.04 Å². The van der Waals surface area contributed by atoms with Crippen molar-refractivity contribution < 1.29 is 9.53 Å². The number of benzene rings is 1. The maximum absolute atomic E-state index is 11.1. The van der Waals surface area contributed by atoms with Crippen LogP contribution in [-0.2, 0) is 11.3 Å². The average Bonchev–Trinajstić information content (AvgIpc) is 2.15. The first-order valence-corrected chi connectivity index (χ1v) is 4.49. The van der Waals surface area contributed by atoms with E-state index in [-0.39, 0.29) is 6.04 Å². The zero-order chi connectivity index (χ0) is 10.4. The van der Waals surface area contributed by atoms with E-state index in [2.05, 4.69) is 12.2 Å². The van der Waals surface area contributed by atoms with Crippen LogP contribution in [0.2, 0.25) is 0 Å². The third-order valence-corrected chi connectivity index (χ3v) is 1.58. The van der Waals surface area contributed by atoms with Crippen LogP contribution < -0.4 is 5.32 Å². The summed E-state index contributed by atoms with van der Waals surface area (Å²) < 4.78 is 4.95. The van der Waals surface area contributed by atoms with Gasteiger partial charge in [0.15, 0.2) is 0 Å². The number of alkyl carbamates (subject to hydrolysis) is 1. The van der Waals surface area contributed by atoms with Crippen LogP contribution in [0.5, 0.6) is 0 Å². The Bertz CT molecular complexity index is 283. The Hall–Kier alpha value is -1.51. The minimum absolute atomic E-state index is 0.140. The molecular formula is C11H14NO2. The van der Waals surface area contributed by atoms with Crippen molar-refractivity contribution in [2.45, 2.75) is 19.6 Å². The SMILES string of the molecule is [CH2][C@@H](C)NC(=O)OCc1ccccc1. The van der Waals surface area contributed by atoms with E-state index in [1.807, 2.05) is 30.3 Å². The van der Waals surface area contributed by atoms with E-state index in [9.17, 15) is 4.79 Å². The molecule has 1 radical (unpaired) electrons. The Morgan fingerprint density at radius 3 is 2.71 bits per heavy atom. The lowest BCUT2D eigenvalue weighted by Gasteiger charge is -2.08. The number of hydrogen-bond donors (Lipinski definition) is 1. The fourth-order valence-corrected chi connectivity index (χ4v) is 0.966. The van der Waals surface area contributed by atoms with E-state index >= 15 is 0 Å². The Kier molecular flexibility index (Phi) is 3.98. The number of nitrogens with one attached hydrogen (secondary N) is 1. The van der Waals surface area contributed by atoms with Crippen LogP contribution in [0, 0.1) is 6.92 Å². The summed E-state index contributed by atoms with van der Waals surface area (Å²) in [4.78, 5) is 11.1. The highest BCUT2D eigenvalue weighted by atomic mass is 16.5. The summed E-state index contributed by atoms with van der Waals surface area (Å²) in [6.45, 7) is 5.69. The summed E-state index contributed by atoms with van der Waals surface area (Å²) in [7, 11) is 0. The molecule has 0 bridgehead atoms.